The van der Waals surface area contributed by atoms with Gasteiger partial charge in [-0.05, 0) is 31.5 Å². The number of anilines is 1. The van der Waals surface area contributed by atoms with Gasteiger partial charge >= 0.3 is 0 Å². The molecule has 1 spiro atoms. The number of likely N-dealkylation sites (tertiary alicyclic amines) is 1. The van der Waals surface area contributed by atoms with Crippen LogP contribution < -0.4 is 4.90 Å². The number of fused-ring (bicyclic) bond motifs is 3. The summed E-state index contributed by atoms with van der Waals surface area (Å²) >= 11 is 0. The standard InChI is InChI=1S/C24H25N5O2/c30-21-6-3-10-29(21)23-25-12-18-14-31-16-24(22(18)27-23)9-11-28(15-24)13-19-8-7-17-4-1-2-5-20(17)26-19/h1-2,4-5,7-8,12H,3,6,9-11,13-16H2/t24-/m0/s1. The smallest absolute Gasteiger partial charge is 0.232 e. The van der Waals surface area contributed by atoms with Gasteiger partial charge in [0.1, 0.15) is 0 Å². The Bertz CT molecular complexity index is 1170. The molecule has 2 aromatic heterocycles. The Morgan fingerprint density at radius 1 is 1.10 bits per heavy atom. The van der Waals surface area contributed by atoms with Crippen molar-refractivity contribution in [2.75, 3.05) is 31.1 Å². The topological polar surface area (TPSA) is 71.5 Å². The summed E-state index contributed by atoms with van der Waals surface area (Å²) in [6.07, 6.45) is 4.30. The van der Waals surface area contributed by atoms with Crippen LogP contribution in [0.25, 0.3) is 10.9 Å². The number of carbonyl (C=O) groups excluding carboxylic acids is 1. The minimum Gasteiger partial charge on any atom is -0.376 e. The third-order valence-electron chi connectivity index (χ3n) is 6.78. The molecule has 158 valence electrons. The fourth-order valence-corrected chi connectivity index (χ4v) is 5.21. The van der Waals surface area contributed by atoms with Crippen LogP contribution in [0.4, 0.5) is 5.95 Å². The summed E-state index contributed by atoms with van der Waals surface area (Å²) in [5, 5.41) is 1.17. The van der Waals surface area contributed by atoms with Crippen LogP contribution in [-0.2, 0) is 28.1 Å². The summed E-state index contributed by atoms with van der Waals surface area (Å²) in [6, 6.07) is 12.5. The van der Waals surface area contributed by atoms with E-state index >= 15 is 0 Å². The average molecular weight is 415 g/mol. The van der Waals surface area contributed by atoms with Crippen LogP contribution in [0.15, 0.2) is 42.6 Å². The average Bonchev–Trinajstić information content (AvgIpc) is 3.40. The fraction of sp³-hybridized carbons (Fsp3) is 0.417. The number of benzene rings is 1. The van der Waals surface area contributed by atoms with Crippen molar-refractivity contribution in [2.45, 2.75) is 37.8 Å². The maximum absolute atomic E-state index is 12.2. The zero-order valence-electron chi connectivity index (χ0n) is 17.5. The first-order chi connectivity index (χ1) is 15.2. The van der Waals surface area contributed by atoms with Crippen molar-refractivity contribution in [2.24, 2.45) is 0 Å². The first-order valence-electron chi connectivity index (χ1n) is 11.0. The van der Waals surface area contributed by atoms with Crippen molar-refractivity contribution in [3.8, 4) is 0 Å². The summed E-state index contributed by atoms with van der Waals surface area (Å²) in [5.74, 6) is 0.675. The second-order valence-electron chi connectivity index (χ2n) is 8.92. The molecule has 2 saturated heterocycles. The third kappa shape index (κ3) is 3.28. The third-order valence-corrected chi connectivity index (χ3v) is 6.78. The van der Waals surface area contributed by atoms with E-state index in [1.54, 1.807) is 4.90 Å². The number of hydrogen-bond donors (Lipinski definition) is 0. The lowest BCUT2D eigenvalue weighted by atomic mass is 9.80. The molecule has 0 aliphatic carbocycles. The normalized spacial score (nSPS) is 23.7. The molecule has 5 heterocycles. The Morgan fingerprint density at radius 2 is 2.03 bits per heavy atom. The highest BCUT2D eigenvalue weighted by Gasteiger charge is 2.45. The molecule has 0 unspecified atom stereocenters. The molecule has 0 N–H and O–H groups in total. The van der Waals surface area contributed by atoms with Gasteiger partial charge in [0.05, 0.1) is 35.5 Å². The molecule has 1 amide bonds. The summed E-state index contributed by atoms with van der Waals surface area (Å²) < 4.78 is 5.97. The van der Waals surface area contributed by atoms with Gasteiger partial charge < -0.3 is 4.74 Å². The first-order valence-corrected chi connectivity index (χ1v) is 11.0. The molecule has 2 fully saturated rings. The molecule has 7 nitrogen and oxygen atoms in total. The summed E-state index contributed by atoms with van der Waals surface area (Å²) in [7, 11) is 0. The molecule has 31 heavy (non-hydrogen) atoms. The quantitative estimate of drug-likeness (QED) is 0.655. The minimum atomic E-state index is -0.148. The van der Waals surface area contributed by atoms with E-state index in [2.05, 4.69) is 34.1 Å². The molecular weight excluding hydrogens is 390 g/mol. The number of carbonyl (C=O) groups is 1. The van der Waals surface area contributed by atoms with Gasteiger partial charge in [0.2, 0.25) is 11.9 Å². The number of nitrogens with zero attached hydrogens (tertiary/aromatic N) is 5. The lowest BCUT2D eigenvalue weighted by molar-refractivity contribution is -0.117. The van der Waals surface area contributed by atoms with Crippen LogP contribution in [-0.4, -0.2) is 52.0 Å². The monoisotopic (exact) mass is 415 g/mol. The molecule has 1 aromatic carbocycles. The molecular formula is C24H25N5O2. The van der Waals surface area contributed by atoms with Gasteiger partial charge in [-0.3, -0.25) is 19.6 Å². The first kappa shape index (κ1) is 18.8. The van der Waals surface area contributed by atoms with Crippen LogP contribution in [0, 0.1) is 0 Å². The lowest BCUT2D eigenvalue weighted by Crippen LogP contribution is -2.41. The lowest BCUT2D eigenvalue weighted by Gasteiger charge is -2.35. The summed E-state index contributed by atoms with van der Waals surface area (Å²) in [6.45, 7) is 4.56. The molecule has 6 rings (SSSR count). The number of rotatable bonds is 3. The molecule has 7 heteroatoms. The van der Waals surface area contributed by atoms with Gasteiger partial charge in [0.15, 0.2) is 0 Å². The Kier molecular flexibility index (Phi) is 4.47. The highest BCUT2D eigenvalue weighted by Crippen LogP contribution is 2.40. The maximum Gasteiger partial charge on any atom is 0.232 e. The Labute approximate surface area is 181 Å². The van der Waals surface area contributed by atoms with Crippen molar-refractivity contribution in [1.29, 1.82) is 0 Å². The largest absolute Gasteiger partial charge is 0.376 e. The van der Waals surface area contributed by atoms with Crippen molar-refractivity contribution in [3.05, 3.63) is 59.5 Å². The summed E-state index contributed by atoms with van der Waals surface area (Å²) in [4.78, 5) is 30.7. The van der Waals surface area contributed by atoms with Crippen molar-refractivity contribution in [1.82, 2.24) is 19.9 Å². The van der Waals surface area contributed by atoms with Crippen LogP contribution >= 0.6 is 0 Å². The SMILES string of the molecule is O=C1CCCN1c1ncc2c(n1)[C@]1(CCN(Cc3ccc4ccccc4n3)C1)COC2. The number of aromatic nitrogens is 3. The summed E-state index contributed by atoms with van der Waals surface area (Å²) in [5.41, 5.74) is 4.08. The molecule has 3 aliphatic heterocycles. The van der Waals surface area contributed by atoms with E-state index in [4.69, 9.17) is 14.7 Å². The van der Waals surface area contributed by atoms with Crippen LogP contribution in [0.3, 0.4) is 0 Å². The van der Waals surface area contributed by atoms with E-state index in [1.807, 2.05) is 18.3 Å². The Hall–Kier alpha value is -2.90. The molecule has 3 aliphatic rings. The molecule has 0 bridgehead atoms. The number of ether oxygens (including phenoxy) is 1. The van der Waals surface area contributed by atoms with E-state index in [0.29, 0.717) is 32.1 Å². The second-order valence-corrected chi connectivity index (χ2v) is 8.92. The molecule has 0 radical (unpaired) electrons. The fourth-order valence-electron chi connectivity index (χ4n) is 5.21. The number of para-hydroxylation sites is 1. The molecule has 0 saturated carbocycles. The number of hydrogen-bond acceptors (Lipinski definition) is 6. The molecule has 3 aromatic rings. The van der Waals surface area contributed by atoms with Gasteiger partial charge in [-0.25, -0.2) is 9.97 Å². The van der Waals surface area contributed by atoms with Crippen LogP contribution in [0.1, 0.15) is 36.2 Å². The van der Waals surface area contributed by atoms with Gasteiger partial charge in [0.25, 0.3) is 0 Å². The zero-order valence-corrected chi connectivity index (χ0v) is 17.5. The number of pyridine rings is 1. The van der Waals surface area contributed by atoms with E-state index in [1.165, 1.54) is 5.39 Å². The maximum atomic E-state index is 12.2. The Balaban J connectivity index is 1.27. The second kappa shape index (κ2) is 7.35. The van der Waals surface area contributed by atoms with Gasteiger partial charge in [0, 0.05) is 43.2 Å². The van der Waals surface area contributed by atoms with E-state index < -0.39 is 0 Å². The van der Waals surface area contributed by atoms with Gasteiger partial charge in [-0.15, -0.1) is 0 Å². The van der Waals surface area contributed by atoms with E-state index in [0.717, 1.165) is 54.9 Å². The molecule has 1 atom stereocenters. The predicted octanol–water partition coefficient (Wildman–Crippen LogP) is 2.83. The van der Waals surface area contributed by atoms with Crippen molar-refractivity contribution < 1.29 is 9.53 Å². The van der Waals surface area contributed by atoms with Gasteiger partial charge in [-0.2, -0.15) is 0 Å². The number of amides is 1. The highest BCUT2D eigenvalue weighted by molar-refractivity contribution is 5.93. The predicted molar refractivity (Wildman–Crippen MR) is 117 cm³/mol. The van der Waals surface area contributed by atoms with Crippen LogP contribution in [0.5, 0.6) is 0 Å². The van der Waals surface area contributed by atoms with Crippen molar-refractivity contribution >= 4 is 22.8 Å². The Morgan fingerprint density at radius 3 is 2.94 bits per heavy atom. The minimum absolute atomic E-state index is 0.122. The van der Waals surface area contributed by atoms with E-state index in [-0.39, 0.29) is 11.3 Å². The van der Waals surface area contributed by atoms with Crippen LogP contribution in [0.2, 0.25) is 0 Å². The van der Waals surface area contributed by atoms with Crippen molar-refractivity contribution in [3.63, 3.8) is 0 Å². The van der Waals surface area contributed by atoms with Gasteiger partial charge in [-0.1, -0.05) is 24.3 Å². The highest BCUT2D eigenvalue weighted by atomic mass is 16.5. The zero-order chi connectivity index (χ0) is 20.8. The van der Waals surface area contributed by atoms with E-state index in [9.17, 15) is 4.79 Å².